The molecule has 0 atom stereocenters. The third kappa shape index (κ3) is 2.92. The van der Waals surface area contributed by atoms with Gasteiger partial charge in [0.2, 0.25) is 0 Å². The Morgan fingerprint density at radius 3 is 2.79 bits per heavy atom. The molecule has 1 aromatic carbocycles. The molecule has 0 radical (unpaired) electrons. The van der Waals surface area contributed by atoms with Crippen molar-refractivity contribution < 1.29 is 0 Å². The first-order valence-corrected chi connectivity index (χ1v) is 8.85. The average molecular weight is 341 g/mol. The van der Waals surface area contributed by atoms with Gasteiger partial charge < -0.3 is 9.47 Å². The molecule has 0 saturated carbocycles. The second-order valence-electron chi connectivity index (χ2n) is 6.16. The lowest BCUT2D eigenvalue weighted by Gasteiger charge is -2.36. The van der Waals surface area contributed by atoms with Crippen molar-refractivity contribution >= 4 is 28.1 Å². The molecule has 4 rings (SSSR count). The highest BCUT2D eigenvalue weighted by Gasteiger charge is 2.18. The van der Waals surface area contributed by atoms with Crippen molar-refractivity contribution in [2.24, 2.45) is 7.05 Å². The molecule has 7 heteroatoms. The van der Waals surface area contributed by atoms with Crippen LogP contribution in [0.1, 0.15) is 5.56 Å². The number of anilines is 1. The highest BCUT2D eigenvalue weighted by atomic mass is 32.1. The molecule has 0 N–H and O–H groups in total. The molecule has 0 bridgehead atoms. The largest absolute Gasteiger partial charge is 0.369 e. The van der Waals surface area contributed by atoms with E-state index in [1.165, 1.54) is 21.7 Å². The van der Waals surface area contributed by atoms with Gasteiger partial charge in [-0.3, -0.25) is 9.69 Å². The van der Waals surface area contributed by atoms with Gasteiger partial charge >= 0.3 is 0 Å². The van der Waals surface area contributed by atoms with E-state index in [4.69, 9.17) is 0 Å². The fourth-order valence-electron chi connectivity index (χ4n) is 3.12. The lowest BCUT2D eigenvalue weighted by molar-refractivity contribution is 0.250. The van der Waals surface area contributed by atoms with Gasteiger partial charge in [-0.05, 0) is 35.3 Å². The minimum atomic E-state index is 0.000687. The summed E-state index contributed by atoms with van der Waals surface area (Å²) in [6, 6.07) is 5.95. The van der Waals surface area contributed by atoms with Gasteiger partial charge in [0.15, 0.2) is 0 Å². The fraction of sp³-hybridized carbons (Fsp3) is 0.353. The van der Waals surface area contributed by atoms with Gasteiger partial charge in [0.25, 0.3) is 5.56 Å². The summed E-state index contributed by atoms with van der Waals surface area (Å²) in [5.41, 5.74) is 3.20. The molecule has 24 heavy (non-hydrogen) atoms. The van der Waals surface area contributed by atoms with E-state index in [-0.39, 0.29) is 5.56 Å². The highest BCUT2D eigenvalue weighted by Crippen LogP contribution is 2.21. The Morgan fingerprint density at radius 2 is 2.04 bits per heavy atom. The van der Waals surface area contributed by atoms with Crippen molar-refractivity contribution in [3.8, 4) is 0 Å². The third-order valence-corrected chi connectivity index (χ3v) is 5.16. The number of aryl methyl sites for hydroxylation is 1. The van der Waals surface area contributed by atoms with Gasteiger partial charge in [0, 0.05) is 57.0 Å². The summed E-state index contributed by atoms with van der Waals surface area (Å²) < 4.78 is 5.68. The molecule has 1 saturated heterocycles. The first-order chi connectivity index (χ1) is 11.7. The predicted octanol–water partition coefficient (Wildman–Crippen LogP) is 1.71. The van der Waals surface area contributed by atoms with Crippen molar-refractivity contribution in [3.05, 3.63) is 52.0 Å². The van der Waals surface area contributed by atoms with E-state index in [0.29, 0.717) is 5.39 Å². The monoisotopic (exact) mass is 341 g/mol. The van der Waals surface area contributed by atoms with Crippen molar-refractivity contribution in [2.75, 3.05) is 31.1 Å². The quantitative estimate of drug-likeness (QED) is 0.726. The summed E-state index contributed by atoms with van der Waals surface area (Å²) in [5.74, 6) is 0. The predicted molar refractivity (Wildman–Crippen MR) is 96.6 cm³/mol. The van der Waals surface area contributed by atoms with E-state index in [1.54, 1.807) is 13.4 Å². The number of aromatic nitrogens is 3. The SMILES string of the molecule is Cn1cnc2cc(N3CCN(Cc4cnsc4)CC3)ccc2c1=O. The molecule has 0 amide bonds. The molecule has 3 aromatic rings. The number of rotatable bonds is 3. The van der Waals surface area contributed by atoms with E-state index in [2.05, 4.69) is 24.5 Å². The Morgan fingerprint density at radius 1 is 1.21 bits per heavy atom. The van der Waals surface area contributed by atoms with Crippen LogP contribution in [-0.2, 0) is 13.6 Å². The average Bonchev–Trinajstić information content (AvgIpc) is 3.12. The van der Waals surface area contributed by atoms with Crippen molar-refractivity contribution in [1.29, 1.82) is 0 Å². The maximum Gasteiger partial charge on any atom is 0.260 e. The lowest BCUT2D eigenvalue weighted by atomic mass is 10.2. The number of piperazine rings is 1. The zero-order chi connectivity index (χ0) is 16.5. The first-order valence-electron chi connectivity index (χ1n) is 8.02. The van der Waals surface area contributed by atoms with Gasteiger partial charge in [0.1, 0.15) is 0 Å². The molecule has 1 aliphatic rings. The van der Waals surface area contributed by atoms with Crippen LogP contribution in [0.4, 0.5) is 5.69 Å². The molecule has 124 valence electrons. The van der Waals surface area contributed by atoms with Crippen LogP contribution in [0.15, 0.2) is 40.9 Å². The molecule has 0 unspecified atom stereocenters. The van der Waals surface area contributed by atoms with Crippen LogP contribution in [0.25, 0.3) is 10.9 Å². The van der Waals surface area contributed by atoms with Crippen LogP contribution >= 0.6 is 11.5 Å². The molecule has 3 heterocycles. The number of hydrogen-bond acceptors (Lipinski definition) is 6. The highest BCUT2D eigenvalue weighted by molar-refractivity contribution is 7.03. The fourth-order valence-corrected chi connectivity index (χ4v) is 3.65. The Hall–Kier alpha value is -2.25. The van der Waals surface area contributed by atoms with E-state index >= 15 is 0 Å². The van der Waals surface area contributed by atoms with Crippen molar-refractivity contribution in [2.45, 2.75) is 6.54 Å². The van der Waals surface area contributed by atoms with Gasteiger partial charge in [-0.15, -0.1) is 0 Å². The second-order valence-corrected chi connectivity index (χ2v) is 6.82. The summed E-state index contributed by atoms with van der Waals surface area (Å²) in [6.45, 7) is 4.98. The van der Waals surface area contributed by atoms with Crippen LogP contribution in [0.5, 0.6) is 0 Å². The molecular formula is C17H19N5OS. The Kier molecular flexibility index (Phi) is 4.03. The number of benzene rings is 1. The molecular weight excluding hydrogens is 322 g/mol. The maximum atomic E-state index is 12.1. The smallest absolute Gasteiger partial charge is 0.260 e. The third-order valence-electron chi connectivity index (χ3n) is 4.53. The maximum absolute atomic E-state index is 12.1. The van der Waals surface area contributed by atoms with Gasteiger partial charge in [0.05, 0.1) is 17.2 Å². The molecule has 0 spiro atoms. The minimum absolute atomic E-state index is 0.000687. The van der Waals surface area contributed by atoms with E-state index < -0.39 is 0 Å². The van der Waals surface area contributed by atoms with Gasteiger partial charge in [-0.25, -0.2) is 9.36 Å². The molecule has 6 nitrogen and oxygen atoms in total. The standard InChI is InChI=1S/C17H19N5OS/c1-20-12-18-16-8-14(2-3-15(16)17(20)23)22-6-4-21(5-7-22)10-13-9-19-24-11-13/h2-3,8-9,11-12H,4-7,10H2,1H3. The van der Waals surface area contributed by atoms with Gasteiger partial charge in [-0.2, -0.15) is 0 Å². The van der Waals surface area contributed by atoms with E-state index in [1.807, 2.05) is 24.4 Å². The Bertz CT molecular complexity index is 897. The Labute approximate surface area is 144 Å². The molecule has 0 aliphatic carbocycles. The zero-order valence-electron chi connectivity index (χ0n) is 13.6. The lowest BCUT2D eigenvalue weighted by Crippen LogP contribution is -2.45. The van der Waals surface area contributed by atoms with Crippen molar-refractivity contribution in [3.63, 3.8) is 0 Å². The molecule has 1 fully saturated rings. The second kappa shape index (κ2) is 6.33. The van der Waals surface area contributed by atoms with Crippen LogP contribution in [0.2, 0.25) is 0 Å². The Balaban J connectivity index is 1.48. The topological polar surface area (TPSA) is 54.3 Å². The van der Waals surface area contributed by atoms with Gasteiger partial charge in [-0.1, -0.05) is 0 Å². The van der Waals surface area contributed by atoms with E-state index in [0.717, 1.165) is 43.9 Å². The van der Waals surface area contributed by atoms with Crippen LogP contribution in [-0.4, -0.2) is 45.0 Å². The minimum Gasteiger partial charge on any atom is -0.369 e. The summed E-state index contributed by atoms with van der Waals surface area (Å²) in [6.07, 6.45) is 3.54. The molecule has 1 aliphatic heterocycles. The molecule has 2 aromatic heterocycles. The number of nitrogens with zero attached hydrogens (tertiary/aromatic N) is 5. The summed E-state index contributed by atoms with van der Waals surface area (Å²) in [4.78, 5) is 21.3. The van der Waals surface area contributed by atoms with Crippen molar-refractivity contribution in [1.82, 2.24) is 18.8 Å². The number of hydrogen-bond donors (Lipinski definition) is 0. The van der Waals surface area contributed by atoms with E-state index in [9.17, 15) is 4.79 Å². The zero-order valence-corrected chi connectivity index (χ0v) is 14.4. The summed E-state index contributed by atoms with van der Waals surface area (Å²) >= 11 is 1.51. The summed E-state index contributed by atoms with van der Waals surface area (Å²) in [7, 11) is 1.73. The normalized spacial score (nSPS) is 16.0. The van der Waals surface area contributed by atoms with Crippen LogP contribution < -0.4 is 10.5 Å². The van der Waals surface area contributed by atoms with Crippen LogP contribution in [0.3, 0.4) is 0 Å². The van der Waals surface area contributed by atoms with Crippen LogP contribution in [0, 0.1) is 0 Å². The first kappa shape index (κ1) is 15.3. The number of fused-ring (bicyclic) bond motifs is 1. The summed E-state index contributed by atoms with van der Waals surface area (Å²) in [5, 5.41) is 2.79.